The molecule has 5 rings (SSSR count). The third-order valence-corrected chi connectivity index (χ3v) is 5.08. The van der Waals surface area contributed by atoms with E-state index in [2.05, 4.69) is 15.0 Å². The lowest BCUT2D eigenvalue weighted by Gasteiger charge is -2.08. The van der Waals surface area contributed by atoms with E-state index in [-0.39, 0.29) is 5.56 Å². The minimum absolute atomic E-state index is 0.0153. The van der Waals surface area contributed by atoms with Gasteiger partial charge in [0, 0.05) is 41.3 Å². The summed E-state index contributed by atoms with van der Waals surface area (Å²) in [7, 11) is 0. The Labute approximate surface area is 173 Å². The van der Waals surface area contributed by atoms with Crippen LogP contribution in [-0.4, -0.2) is 31.0 Å². The fourth-order valence-corrected chi connectivity index (χ4v) is 3.60. The number of ketones is 1. The van der Waals surface area contributed by atoms with E-state index in [1.54, 1.807) is 24.7 Å². The number of hydrogen-bond donors (Lipinski definition) is 2. The number of aromatic nitrogens is 4. The Bertz CT molecular complexity index is 1520. The van der Waals surface area contributed by atoms with Gasteiger partial charge in [-0.2, -0.15) is 0 Å². The maximum atomic E-state index is 14.7. The van der Waals surface area contributed by atoms with Crippen molar-refractivity contribution in [3.05, 3.63) is 89.5 Å². The largest absolute Gasteiger partial charge is 0.366 e. The molecule has 31 heavy (non-hydrogen) atoms. The molecule has 0 aliphatic heterocycles. The second-order valence-corrected chi connectivity index (χ2v) is 6.87. The second-order valence-electron chi connectivity index (χ2n) is 6.87. The van der Waals surface area contributed by atoms with Crippen molar-refractivity contribution >= 4 is 28.4 Å². The summed E-state index contributed by atoms with van der Waals surface area (Å²) in [5.74, 6) is -4.40. The van der Waals surface area contributed by atoms with Gasteiger partial charge in [-0.25, -0.2) is 18.7 Å². The number of imidazole rings is 1. The molecule has 0 atom stereocenters. The molecule has 0 aliphatic rings. The number of nitrogens with two attached hydrogens (primary N) is 1. The zero-order valence-corrected chi connectivity index (χ0v) is 15.8. The number of rotatable bonds is 4. The Kier molecular flexibility index (Phi) is 4.11. The molecule has 5 aromatic rings. The summed E-state index contributed by atoms with van der Waals surface area (Å²) in [4.78, 5) is 35.9. The van der Waals surface area contributed by atoms with E-state index in [1.165, 1.54) is 6.20 Å². The summed E-state index contributed by atoms with van der Waals surface area (Å²) < 4.78 is 30.9. The third kappa shape index (κ3) is 2.86. The maximum absolute atomic E-state index is 14.7. The average Bonchev–Trinajstić information content (AvgIpc) is 3.39. The van der Waals surface area contributed by atoms with Gasteiger partial charge in [0.25, 0.3) is 5.91 Å². The van der Waals surface area contributed by atoms with Gasteiger partial charge in [-0.05, 0) is 30.3 Å². The molecule has 0 spiro atoms. The lowest BCUT2D eigenvalue weighted by atomic mass is 9.99. The first-order chi connectivity index (χ1) is 15.0. The molecule has 0 saturated heterocycles. The summed E-state index contributed by atoms with van der Waals surface area (Å²) in [6.07, 6.45) is 6.40. The number of amides is 1. The molecule has 9 heteroatoms. The molecule has 7 nitrogen and oxygen atoms in total. The minimum Gasteiger partial charge on any atom is -0.366 e. The molecule has 0 fully saturated rings. The van der Waals surface area contributed by atoms with Crippen LogP contribution in [0.1, 0.15) is 26.3 Å². The number of nitrogens with zero attached hydrogens (tertiary/aromatic N) is 3. The molecule has 0 bridgehead atoms. The molecule has 1 aromatic carbocycles. The van der Waals surface area contributed by atoms with Gasteiger partial charge in [0.1, 0.15) is 22.9 Å². The smallest absolute Gasteiger partial charge is 0.251 e. The SMILES string of the molecule is NC(=O)c1ccc(F)c(C(=O)c2c[nH]c3ncc(-c4cccc5nccn45)cc23)c1F. The molecule has 3 N–H and O–H groups in total. The Morgan fingerprint density at radius 3 is 2.71 bits per heavy atom. The summed E-state index contributed by atoms with van der Waals surface area (Å²) in [5.41, 5.74) is 6.29. The maximum Gasteiger partial charge on any atom is 0.251 e. The van der Waals surface area contributed by atoms with Crippen molar-refractivity contribution in [1.82, 2.24) is 19.4 Å². The van der Waals surface area contributed by atoms with E-state index >= 15 is 0 Å². The molecule has 0 saturated carbocycles. The van der Waals surface area contributed by atoms with E-state index in [9.17, 15) is 18.4 Å². The molecular formula is C22H13F2N5O2. The van der Waals surface area contributed by atoms with Gasteiger partial charge < -0.3 is 10.7 Å². The highest BCUT2D eigenvalue weighted by Gasteiger charge is 2.26. The van der Waals surface area contributed by atoms with Crippen LogP contribution in [0.15, 0.2) is 61.2 Å². The standard InChI is InChI=1S/C22H13F2N5O2/c23-15-5-4-12(21(25)31)19(24)18(15)20(30)14-10-28-22-13(14)8-11(9-27-22)16-2-1-3-17-26-6-7-29(16)17/h1-10H,(H2,25,31)(H,27,28). The molecular weight excluding hydrogens is 404 g/mol. The highest BCUT2D eigenvalue weighted by Crippen LogP contribution is 2.28. The average molecular weight is 417 g/mol. The van der Waals surface area contributed by atoms with E-state index in [1.807, 2.05) is 22.6 Å². The molecule has 0 unspecified atom stereocenters. The number of carbonyl (C=O) groups is 2. The van der Waals surface area contributed by atoms with Gasteiger partial charge in [0.15, 0.2) is 0 Å². The van der Waals surface area contributed by atoms with Crippen LogP contribution in [0.5, 0.6) is 0 Å². The van der Waals surface area contributed by atoms with E-state index in [0.29, 0.717) is 16.6 Å². The number of primary amides is 1. The first-order valence-electron chi connectivity index (χ1n) is 9.18. The quantitative estimate of drug-likeness (QED) is 0.437. The Morgan fingerprint density at radius 1 is 1.06 bits per heavy atom. The van der Waals surface area contributed by atoms with Gasteiger partial charge in [-0.1, -0.05) is 6.07 Å². The van der Waals surface area contributed by atoms with Crippen molar-refractivity contribution < 1.29 is 18.4 Å². The van der Waals surface area contributed by atoms with Crippen molar-refractivity contribution in [3.63, 3.8) is 0 Å². The number of pyridine rings is 2. The highest BCUT2D eigenvalue weighted by molar-refractivity contribution is 6.17. The zero-order valence-electron chi connectivity index (χ0n) is 15.8. The van der Waals surface area contributed by atoms with Crippen molar-refractivity contribution in [2.24, 2.45) is 5.73 Å². The molecule has 0 aliphatic carbocycles. The van der Waals surface area contributed by atoms with Gasteiger partial charge in [-0.15, -0.1) is 0 Å². The van der Waals surface area contributed by atoms with E-state index in [0.717, 1.165) is 23.5 Å². The second kappa shape index (κ2) is 6.84. The number of nitrogens with one attached hydrogen (secondary N) is 1. The molecule has 152 valence electrons. The topological polar surface area (TPSA) is 106 Å². The summed E-state index contributed by atoms with van der Waals surface area (Å²) >= 11 is 0. The van der Waals surface area contributed by atoms with Gasteiger partial charge >= 0.3 is 0 Å². The fourth-order valence-electron chi connectivity index (χ4n) is 3.60. The lowest BCUT2D eigenvalue weighted by Crippen LogP contribution is -2.17. The number of aromatic amines is 1. The molecule has 0 radical (unpaired) electrons. The van der Waals surface area contributed by atoms with Crippen LogP contribution in [0.25, 0.3) is 27.9 Å². The molecule has 4 heterocycles. The lowest BCUT2D eigenvalue weighted by molar-refractivity contribution is 0.0996. The Hall–Kier alpha value is -4.40. The Morgan fingerprint density at radius 2 is 1.90 bits per heavy atom. The predicted octanol–water partition coefficient (Wildman–Crippen LogP) is 3.49. The van der Waals surface area contributed by atoms with E-state index < -0.39 is 34.5 Å². The van der Waals surface area contributed by atoms with Crippen molar-refractivity contribution in [2.45, 2.75) is 0 Å². The molecule has 4 aromatic heterocycles. The van der Waals surface area contributed by atoms with Crippen LogP contribution in [0.2, 0.25) is 0 Å². The molecule has 1 amide bonds. The van der Waals surface area contributed by atoms with Crippen molar-refractivity contribution in [1.29, 1.82) is 0 Å². The van der Waals surface area contributed by atoms with Crippen LogP contribution >= 0.6 is 0 Å². The first kappa shape index (κ1) is 18.6. The number of carbonyl (C=O) groups excluding carboxylic acids is 2. The van der Waals surface area contributed by atoms with Crippen LogP contribution in [0.4, 0.5) is 8.78 Å². The van der Waals surface area contributed by atoms with Crippen LogP contribution in [-0.2, 0) is 0 Å². The van der Waals surface area contributed by atoms with Crippen LogP contribution in [0.3, 0.4) is 0 Å². The predicted molar refractivity (Wildman–Crippen MR) is 109 cm³/mol. The monoisotopic (exact) mass is 417 g/mol. The van der Waals surface area contributed by atoms with Crippen LogP contribution < -0.4 is 5.73 Å². The Balaban J connectivity index is 1.68. The number of fused-ring (bicyclic) bond motifs is 2. The third-order valence-electron chi connectivity index (χ3n) is 5.08. The first-order valence-corrected chi connectivity index (χ1v) is 9.18. The number of halogens is 2. The van der Waals surface area contributed by atoms with Gasteiger partial charge in [-0.3, -0.25) is 14.0 Å². The van der Waals surface area contributed by atoms with Gasteiger partial charge in [0.2, 0.25) is 5.78 Å². The van der Waals surface area contributed by atoms with Crippen molar-refractivity contribution in [3.8, 4) is 11.3 Å². The highest BCUT2D eigenvalue weighted by atomic mass is 19.1. The van der Waals surface area contributed by atoms with Gasteiger partial charge in [0.05, 0.1) is 16.8 Å². The number of hydrogen-bond acceptors (Lipinski definition) is 4. The summed E-state index contributed by atoms with van der Waals surface area (Å²) in [5, 5.41) is 0.378. The van der Waals surface area contributed by atoms with Crippen molar-refractivity contribution in [2.75, 3.05) is 0 Å². The summed E-state index contributed by atoms with van der Waals surface area (Å²) in [6, 6.07) is 9.00. The number of benzene rings is 1. The minimum atomic E-state index is -1.29. The van der Waals surface area contributed by atoms with Crippen LogP contribution in [0, 0.1) is 11.6 Å². The number of H-pyrrole nitrogens is 1. The zero-order chi connectivity index (χ0) is 21.7. The normalized spacial score (nSPS) is 11.3. The van der Waals surface area contributed by atoms with E-state index in [4.69, 9.17) is 5.73 Å². The summed E-state index contributed by atoms with van der Waals surface area (Å²) in [6.45, 7) is 0. The fraction of sp³-hybridized carbons (Fsp3) is 0.